The number of nitrogens with zero attached hydrogens (tertiary/aromatic N) is 2. The van der Waals surface area contributed by atoms with Gasteiger partial charge in [-0.25, -0.2) is 18.2 Å². The Morgan fingerprint density at radius 2 is 2.00 bits per heavy atom. The van der Waals surface area contributed by atoms with Gasteiger partial charge in [0.2, 0.25) is 0 Å². The average molecular weight is 311 g/mol. The van der Waals surface area contributed by atoms with E-state index >= 15 is 0 Å². The molecule has 0 spiro atoms. The van der Waals surface area contributed by atoms with Crippen LogP contribution in [0.5, 0.6) is 0 Å². The van der Waals surface area contributed by atoms with Crippen LogP contribution in [-0.4, -0.2) is 9.38 Å². The van der Waals surface area contributed by atoms with E-state index in [-0.39, 0.29) is 12.2 Å². The molecule has 0 amide bonds. The molecule has 1 N–H and O–H groups in total. The van der Waals surface area contributed by atoms with Crippen LogP contribution >= 0.6 is 11.3 Å². The lowest BCUT2D eigenvalue weighted by Crippen LogP contribution is -2.06. The van der Waals surface area contributed by atoms with Crippen molar-refractivity contribution in [3.63, 3.8) is 0 Å². The standard InChI is InChI=1S/C14H12F3N3S/c1-7-6-20-12(8(2)19-14(20)21-7)5-18-11-4-9(15)3-10(16)13(11)17/h3-4,6,18H,5H2,1-2H3. The molecule has 0 fully saturated rings. The largest absolute Gasteiger partial charge is 0.377 e. The van der Waals surface area contributed by atoms with Crippen LogP contribution in [0.2, 0.25) is 0 Å². The van der Waals surface area contributed by atoms with Gasteiger partial charge in [-0.1, -0.05) is 0 Å². The van der Waals surface area contributed by atoms with E-state index in [9.17, 15) is 13.2 Å². The van der Waals surface area contributed by atoms with Crippen molar-refractivity contribution in [2.45, 2.75) is 20.4 Å². The second kappa shape index (κ2) is 5.07. The zero-order chi connectivity index (χ0) is 15.1. The Labute approximate surface area is 123 Å². The lowest BCUT2D eigenvalue weighted by Gasteiger charge is -2.08. The molecule has 0 atom stereocenters. The maximum Gasteiger partial charge on any atom is 0.194 e. The molecule has 0 aliphatic carbocycles. The number of benzene rings is 1. The van der Waals surface area contributed by atoms with Crippen molar-refractivity contribution < 1.29 is 13.2 Å². The first-order valence-electron chi connectivity index (χ1n) is 6.28. The van der Waals surface area contributed by atoms with Crippen molar-refractivity contribution >= 4 is 22.0 Å². The van der Waals surface area contributed by atoms with Gasteiger partial charge in [0.05, 0.1) is 23.6 Å². The molecular weight excluding hydrogens is 299 g/mol. The summed E-state index contributed by atoms with van der Waals surface area (Å²) in [4.78, 5) is 6.34. The Balaban J connectivity index is 1.91. The van der Waals surface area contributed by atoms with Gasteiger partial charge in [0.1, 0.15) is 5.82 Å². The van der Waals surface area contributed by atoms with Gasteiger partial charge in [-0.05, 0) is 13.8 Å². The third-order valence-corrected chi connectivity index (χ3v) is 4.08. The van der Waals surface area contributed by atoms with Gasteiger partial charge >= 0.3 is 0 Å². The van der Waals surface area contributed by atoms with Crippen molar-refractivity contribution in [3.05, 3.63) is 52.0 Å². The number of hydrogen-bond acceptors (Lipinski definition) is 3. The molecule has 0 saturated carbocycles. The maximum atomic E-state index is 13.6. The minimum absolute atomic E-state index is 0.200. The third-order valence-electron chi connectivity index (χ3n) is 3.18. The number of imidazole rings is 1. The zero-order valence-electron chi connectivity index (χ0n) is 11.4. The molecule has 1 aromatic carbocycles. The Bertz CT molecular complexity index is 823. The van der Waals surface area contributed by atoms with Crippen LogP contribution in [0, 0.1) is 31.3 Å². The molecule has 2 aromatic heterocycles. The summed E-state index contributed by atoms with van der Waals surface area (Å²) in [5.74, 6) is -3.12. The van der Waals surface area contributed by atoms with Crippen LogP contribution in [-0.2, 0) is 6.54 Å². The maximum absolute atomic E-state index is 13.6. The first kappa shape index (κ1) is 13.9. The monoisotopic (exact) mass is 311 g/mol. The number of anilines is 1. The number of hydrogen-bond donors (Lipinski definition) is 1. The van der Waals surface area contributed by atoms with E-state index in [0.29, 0.717) is 6.07 Å². The van der Waals surface area contributed by atoms with Gasteiger partial charge in [-0.15, -0.1) is 11.3 Å². The van der Waals surface area contributed by atoms with E-state index in [1.54, 1.807) is 11.3 Å². The SMILES string of the molecule is Cc1cn2c(CNc3cc(F)cc(F)c3F)c(C)nc2s1. The van der Waals surface area contributed by atoms with E-state index in [0.717, 1.165) is 27.3 Å². The molecule has 3 nitrogen and oxygen atoms in total. The van der Waals surface area contributed by atoms with Gasteiger partial charge in [-0.3, -0.25) is 4.40 Å². The lowest BCUT2D eigenvalue weighted by atomic mass is 10.2. The highest BCUT2D eigenvalue weighted by Gasteiger charge is 2.14. The van der Waals surface area contributed by atoms with Crippen molar-refractivity contribution in [2.24, 2.45) is 0 Å². The topological polar surface area (TPSA) is 29.3 Å². The molecule has 0 aliphatic heterocycles. The normalized spacial score (nSPS) is 11.3. The molecule has 0 unspecified atom stereocenters. The summed E-state index contributed by atoms with van der Waals surface area (Å²) in [5.41, 5.74) is 1.43. The highest BCUT2D eigenvalue weighted by Crippen LogP contribution is 2.23. The summed E-state index contributed by atoms with van der Waals surface area (Å²) in [7, 11) is 0. The van der Waals surface area contributed by atoms with Crippen LogP contribution in [0.1, 0.15) is 16.3 Å². The van der Waals surface area contributed by atoms with Crippen molar-refractivity contribution in [1.29, 1.82) is 0 Å². The highest BCUT2D eigenvalue weighted by molar-refractivity contribution is 7.17. The predicted molar refractivity (Wildman–Crippen MR) is 76.2 cm³/mol. The van der Waals surface area contributed by atoms with Gasteiger partial charge in [0.15, 0.2) is 16.6 Å². The number of nitrogens with one attached hydrogen (secondary N) is 1. The highest BCUT2D eigenvalue weighted by atomic mass is 32.1. The minimum Gasteiger partial charge on any atom is -0.377 e. The molecule has 7 heteroatoms. The Kier molecular flexibility index (Phi) is 3.36. The molecule has 0 saturated heterocycles. The van der Waals surface area contributed by atoms with Crippen LogP contribution in [0.3, 0.4) is 0 Å². The Hall–Kier alpha value is -2.02. The summed E-state index contributed by atoms with van der Waals surface area (Å²) >= 11 is 1.55. The average Bonchev–Trinajstić information content (AvgIpc) is 2.88. The van der Waals surface area contributed by atoms with E-state index in [4.69, 9.17) is 0 Å². The summed E-state index contributed by atoms with van der Waals surface area (Å²) in [6.07, 6.45) is 1.93. The zero-order valence-corrected chi connectivity index (χ0v) is 12.2. The van der Waals surface area contributed by atoms with Gasteiger partial charge in [0.25, 0.3) is 0 Å². The second-order valence-electron chi connectivity index (χ2n) is 4.74. The van der Waals surface area contributed by atoms with Crippen molar-refractivity contribution in [1.82, 2.24) is 9.38 Å². The van der Waals surface area contributed by atoms with Crippen LogP contribution < -0.4 is 5.32 Å². The van der Waals surface area contributed by atoms with E-state index in [1.807, 2.05) is 24.4 Å². The van der Waals surface area contributed by atoms with Crippen LogP contribution in [0.25, 0.3) is 4.96 Å². The number of rotatable bonds is 3. The summed E-state index contributed by atoms with van der Waals surface area (Å²) in [5, 5.41) is 2.73. The number of thiazole rings is 1. The molecule has 110 valence electrons. The van der Waals surface area contributed by atoms with Crippen molar-refractivity contribution in [3.8, 4) is 0 Å². The molecule has 0 bridgehead atoms. The molecule has 0 radical (unpaired) electrons. The fraction of sp³-hybridized carbons (Fsp3) is 0.214. The number of aryl methyl sites for hydroxylation is 2. The fourth-order valence-corrected chi connectivity index (χ4v) is 3.08. The van der Waals surface area contributed by atoms with Gasteiger partial charge < -0.3 is 5.32 Å². The number of aromatic nitrogens is 2. The molecule has 3 rings (SSSR count). The van der Waals surface area contributed by atoms with Gasteiger partial charge in [-0.2, -0.15) is 0 Å². The minimum atomic E-state index is -1.21. The molecule has 0 aliphatic rings. The quantitative estimate of drug-likeness (QED) is 0.740. The fourth-order valence-electron chi connectivity index (χ4n) is 2.19. The first-order valence-corrected chi connectivity index (χ1v) is 7.09. The summed E-state index contributed by atoms with van der Waals surface area (Å²) in [6, 6.07) is 1.45. The van der Waals surface area contributed by atoms with Crippen LogP contribution in [0.15, 0.2) is 18.3 Å². The lowest BCUT2D eigenvalue weighted by molar-refractivity contribution is 0.497. The summed E-state index contributed by atoms with van der Waals surface area (Å²) < 4.78 is 41.8. The predicted octanol–water partition coefficient (Wildman–Crippen LogP) is 4.04. The van der Waals surface area contributed by atoms with Crippen LogP contribution in [0.4, 0.5) is 18.9 Å². The molecular formula is C14H12F3N3S. The second-order valence-corrected chi connectivity index (χ2v) is 5.95. The number of fused-ring (bicyclic) bond motifs is 1. The Morgan fingerprint density at radius 3 is 2.76 bits per heavy atom. The summed E-state index contributed by atoms with van der Waals surface area (Å²) in [6.45, 7) is 4.03. The van der Waals surface area contributed by atoms with E-state index < -0.39 is 17.5 Å². The van der Waals surface area contributed by atoms with E-state index in [1.165, 1.54) is 0 Å². The Morgan fingerprint density at radius 1 is 1.24 bits per heavy atom. The molecule has 3 aromatic rings. The smallest absolute Gasteiger partial charge is 0.194 e. The molecule has 2 heterocycles. The third kappa shape index (κ3) is 2.49. The first-order chi connectivity index (χ1) is 9.95. The van der Waals surface area contributed by atoms with Gasteiger partial charge in [0, 0.05) is 23.2 Å². The van der Waals surface area contributed by atoms with E-state index in [2.05, 4.69) is 10.3 Å². The molecule has 21 heavy (non-hydrogen) atoms. The number of halogens is 3. The van der Waals surface area contributed by atoms with Crippen molar-refractivity contribution in [2.75, 3.05) is 5.32 Å².